The molecule has 0 radical (unpaired) electrons. The Bertz CT molecular complexity index is 347. The van der Waals surface area contributed by atoms with Crippen molar-refractivity contribution in [3.63, 3.8) is 0 Å². The van der Waals surface area contributed by atoms with Crippen LogP contribution in [0.1, 0.15) is 34.1 Å². The van der Waals surface area contributed by atoms with Gasteiger partial charge in [0, 0.05) is 5.71 Å². The molecule has 0 fully saturated rings. The molecule has 1 aliphatic rings. The van der Waals surface area contributed by atoms with Gasteiger partial charge in [-0.25, -0.2) is 0 Å². The summed E-state index contributed by atoms with van der Waals surface area (Å²) < 4.78 is 0. The molecule has 0 aromatic heterocycles. The highest BCUT2D eigenvalue weighted by molar-refractivity contribution is 6.01. The molecule has 90 valence electrons. The van der Waals surface area contributed by atoms with Crippen LogP contribution >= 0.6 is 0 Å². The van der Waals surface area contributed by atoms with E-state index in [1.807, 2.05) is 20.8 Å². The lowest BCUT2D eigenvalue weighted by molar-refractivity contribution is -0.231. The Kier molecular flexibility index (Phi) is 3.14. The Labute approximate surface area is 97.0 Å². The monoisotopic (exact) mass is 223 g/mol. The summed E-state index contributed by atoms with van der Waals surface area (Å²) in [7, 11) is 0. The molecule has 3 heteroatoms. The first-order valence-electron chi connectivity index (χ1n) is 5.59. The Morgan fingerprint density at radius 1 is 1.25 bits per heavy atom. The first-order chi connectivity index (χ1) is 7.19. The molecule has 1 rings (SSSR count). The van der Waals surface area contributed by atoms with Gasteiger partial charge in [0.25, 0.3) is 0 Å². The summed E-state index contributed by atoms with van der Waals surface area (Å²) in [6.45, 7) is 7.47. The SMILES string of the molecule is CCC(O)(O)C1(C(C)(C)C)C=CC=CC1=N. The zero-order valence-electron chi connectivity index (χ0n) is 10.4. The van der Waals surface area contributed by atoms with E-state index in [1.54, 1.807) is 31.2 Å². The molecule has 0 bridgehead atoms. The molecule has 0 saturated heterocycles. The Hall–Kier alpha value is -0.930. The van der Waals surface area contributed by atoms with Gasteiger partial charge in [-0.15, -0.1) is 0 Å². The van der Waals surface area contributed by atoms with Gasteiger partial charge in [0.1, 0.15) is 0 Å². The maximum atomic E-state index is 10.2. The second kappa shape index (κ2) is 3.82. The predicted molar refractivity (Wildman–Crippen MR) is 65.4 cm³/mol. The van der Waals surface area contributed by atoms with E-state index in [1.165, 1.54) is 0 Å². The van der Waals surface area contributed by atoms with E-state index in [4.69, 9.17) is 5.41 Å². The molecule has 1 aliphatic carbocycles. The lowest BCUT2D eigenvalue weighted by Gasteiger charge is -2.50. The third-order valence-corrected chi connectivity index (χ3v) is 3.45. The quantitative estimate of drug-likeness (QED) is 0.629. The molecule has 0 saturated carbocycles. The van der Waals surface area contributed by atoms with Crippen LogP contribution in [0, 0.1) is 16.2 Å². The van der Waals surface area contributed by atoms with Crippen LogP contribution in [0.15, 0.2) is 24.3 Å². The summed E-state index contributed by atoms with van der Waals surface area (Å²) in [6.07, 6.45) is 7.07. The van der Waals surface area contributed by atoms with Crippen LogP contribution in [0.5, 0.6) is 0 Å². The number of hydrogen-bond acceptors (Lipinski definition) is 3. The largest absolute Gasteiger partial charge is 0.365 e. The highest BCUT2D eigenvalue weighted by atomic mass is 16.5. The minimum atomic E-state index is -1.90. The molecule has 16 heavy (non-hydrogen) atoms. The van der Waals surface area contributed by atoms with Crippen molar-refractivity contribution < 1.29 is 10.2 Å². The molecular weight excluding hydrogens is 202 g/mol. The van der Waals surface area contributed by atoms with Crippen LogP contribution in [0.25, 0.3) is 0 Å². The van der Waals surface area contributed by atoms with Crippen LogP contribution in [-0.4, -0.2) is 21.7 Å². The maximum Gasteiger partial charge on any atom is 0.177 e. The fourth-order valence-electron chi connectivity index (χ4n) is 2.46. The standard InChI is InChI=1S/C13H21NO2/c1-5-13(15,16)12(11(2,3)4)9-7-6-8-10(12)14/h6-9,14-16H,5H2,1-4H3. The van der Waals surface area contributed by atoms with Gasteiger partial charge in [0.15, 0.2) is 5.79 Å². The van der Waals surface area contributed by atoms with Gasteiger partial charge in [-0.3, -0.25) is 0 Å². The molecule has 0 aromatic rings. The highest BCUT2D eigenvalue weighted by Crippen LogP contribution is 2.50. The van der Waals surface area contributed by atoms with E-state index in [-0.39, 0.29) is 12.1 Å². The third-order valence-electron chi connectivity index (χ3n) is 3.45. The number of allylic oxidation sites excluding steroid dienone is 3. The molecular formula is C13H21NO2. The third kappa shape index (κ3) is 1.64. The van der Waals surface area contributed by atoms with Gasteiger partial charge < -0.3 is 15.6 Å². The van der Waals surface area contributed by atoms with E-state index < -0.39 is 16.6 Å². The number of hydrogen-bond donors (Lipinski definition) is 3. The fraction of sp³-hybridized carbons (Fsp3) is 0.615. The van der Waals surface area contributed by atoms with Gasteiger partial charge >= 0.3 is 0 Å². The molecule has 0 heterocycles. The van der Waals surface area contributed by atoms with Gasteiger partial charge in [0.05, 0.1) is 5.41 Å². The molecule has 3 N–H and O–H groups in total. The topological polar surface area (TPSA) is 64.3 Å². The first-order valence-corrected chi connectivity index (χ1v) is 5.59. The zero-order chi connectivity index (χ0) is 12.6. The van der Waals surface area contributed by atoms with Crippen molar-refractivity contribution >= 4 is 5.71 Å². The lowest BCUT2D eigenvalue weighted by atomic mass is 9.57. The van der Waals surface area contributed by atoms with Crippen molar-refractivity contribution in [3.05, 3.63) is 24.3 Å². The first kappa shape index (κ1) is 13.1. The molecule has 0 amide bonds. The van der Waals surface area contributed by atoms with Gasteiger partial charge in [0.2, 0.25) is 0 Å². The zero-order valence-corrected chi connectivity index (χ0v) is 10.4. The summed E-state index contributed by atoms with van der Waals surface area (Å²) in [6, 6.07) is 0. The van der Waals surface area contributed by atoms with Crippen molar-refractivity contribution in [2.75, 3.05) is 0 Å². The van der Waals surface area contributed by atoms with Crippen LogP contribution in [-0.2, 0) is 0 Å². The summed E-state index contributed by atoms with van der Waals surface area (Å²) in [5.74, 6) is -1.90. The van der Waals surface area contributed by atoms with Gasteiger partial charge in [-0.2, -0.15) is 0 Å². The summed E-state index contributed by atoms with van der Waals surface area (Å²) in [5.41, 5.74) is -1.25. The summed E-state index contributed by atoms with van der Waals surface area (Å²) in [5, 5.41) is 28.5. The molecule has 0 aliphatic heterocycles. The van der Waals surface area contributed by atoms with Crippen molar-refractivity contribution in [1.29, 1.82) is 5.41 Å². The van der Waals surface area contributed by atoms with Crippen LogP contribution < -0.4 is 0 Å². The Morgan fingerprint density at radius 3 is 2.19 bits per heavy atom. The van der Waals surface area contributed by atoms with Crippen molar-refractivity contribution in [2.45, 2.75) is 39.9 Å². The van der Waals surface area contributed by atoms with Crippen LogP contribution in [0.2, 0.25) is 0 Å². The minimum Gasteiger partial charge on any atom is -0.365 e. The van der Waals surface area contributed by atoms with Gasteiger partial charge in [-0.05, 0) is 17.9 Å². The van der Waals surface area contributed by atoms with E-state index in [9.17, 15) is 10.2 Å². The highest BCUT2D eigenvalue weighted by Gasteiger charge is 2.56. The summed E-state index contributed by atoms with van der Waals surface area (Å²) >= 11 is 0. The average Bonchev–Trinajstić information content (AvgIpc) is 2.16. The number of rotatable bonds is 2. The Morgan fingerprint density at radius 2 is 1.81 bits per heavy atom. The smallest absolute Gasteiger partial charge is 0.177 e. The second-order valence-electron chi connectivity index (χ2n) is 5.36. The maximum absolute atomic E-state index is 10.2. The van der Waals surface area contributed by atoms with Crippen LogP contribution in [0.4, 0.5) is 0 Å². The molecule has 1 atom stereocenters. The van der Waals surface area contributed by atoms with Crippen molar-refractivity contribution in [2.24, 2.45) is 10.8 Å². The molecule has 1 unspecified atom stereocenters. The van der Waals surface area contributed by atoms with E-state index in [2.05, 4.69) is 0 Å². The fourth-order valence-corrected chi connectivity index (χ4v) is 2.46. The summed E-state index contributed by atoms with van der Waals surface area (Å²) in [4.78, 5) is 0. The van der Waals surface area contributed by atoms with Crippen molar-refractivity contribution in [3.8, 4) is 0 Å². The molecule has 3 nitrogen and oxygen atoms in total. The lowest BCUT2D eigenvalue weighted by Crippen LogP contribution is -2.58. The van der Waals surface area contributed by atoms with E-state index >= 15 is 0 Å². The molecule has 0 aromatic carbocycles. The second-order valence-corrected chi connectivity index (χ2v) is 5.36. The molecule has 0 spiro atoms. The van der Waals surface area contributed by atoms with Crippen LogP contribution in [0.3, 0.4) is 0 Å². The van der Waals surface area contributed by atoms with E-state index in [0.29, 0.717) is 0 Å². The predicted octanol–water partition coefficient (Wildman–Crippen LogP) is 2.26. The minimum absolute atomic E-state index is 0.185. The number of nitrogens with one attached hydrogen (secondary N) is 1. The van der Waals surface area contributed by atoms with Crippen molar-refractivity contribution in [1.82, 2.24) is 0 Å². The average molecular weight is 223 g/mol. The number of aliphatic hydroxyl groups is 2. The van der Waals surface area contributed by atoms with Gasteiger partial charge in [-0.1, -0.05) is 45.9 Å². The van der Waals surface area contributed by atoms with E-state index in [0.717, 1.165) is 0 Å². The Balaban J connectivity index is 3.41. The normalized spacial score (nSPS) is 26.2.